The van der Waals surface area contributed by atoms with Gasteiger partial charge in [-0.25, -0.2) is 4.98 Å². The van der Waals surface area contributed by atoms with Crippen molar-refractivity contribution in [3.63, 3.8) is 0 Å². The zero-order valence-electron chi connectivity index (χ0n) is 21.1. The van der Waals surface area contributed by atoms with Crippen LogP contribution in [0.4, 0.5) is 5.82 Å². The molecule has 5 atom stereocenters. The fourth-order valence-electron chi connectivity index (χ4n) is 8.46. The zero-order chi connectivity index (χ0) is 23.4. The number of rotatable bonds is 3. The summed E-state index contributed by atoms with van der Waals surface area (Å²) < 4.78 is 2.19. The van der Waals surface area contributed by atoms with Crippen molar-refractivity contribution in [1.82, 2.24) is 19.8 Å². The van der Waals surface area contributed by atoms with Gasteiger partial charge in [-0.2, -0.15) is 0 Å². The molecular weight excluding hydrogens is 434 g/mol. The Balaban J connectivity index is 1.21. The van der Waals surface area contributed by atoms with Gasteiger partial charge >= 0.3 is 0 Å². The van der Waals surface area contributed by atoms with Crippen molar-refractivity contribution in [1.29, 1.82) is 0 Å². The molecule has 6 nitrogen and oxygen atoms in total. The van der Waals surface area contributed by atoms with E-state index in [0.717, 1.165) is 56.1 Å². The Morgan fingerprint density at radius 3 is 2.14 bits per heavy atom. The lowest BCUT2D eigenvalue weighted by atomic mass is 9.89. The Labute approximate surface area is 209 Å². The SMILES string of the molecule is O=c1c(N2CC3CNCC3C2)nc2ccccc2n1[C@H]1CC2CC[C@@H](C1)N2C1CCCCCCC1. The van der Waals surface area contributed by atoms with Crippen LogP contribution in [0.25, 0.3) is 11.0 Å². The minimum absolute atomic E-state index is 0.153. The quantitative estimate of drug-likeness (QED) is 0.716. The van der Waals surface area contributed by atoms with Gasteiger partial charge < -0.3 is 14.8 Å². The molecule has 0 amide bonds. The normalized spacial score (nSPS) is 34.3. The molecule has 3 unspecified atom stereocenters. The highest BCUT2D eigenvalue weighted by molar-refractivity contribution is 5.76. The van der Waals surface area contributed by atoms with Gasteiger partial charge in [-0.15, -0.1) is 0 Å². The number of benzene rings is 1. The fourth-order valence-corrected chi connectivity index (χ4v) is 8.46. The van der Waals surface area contributed by atoms with Crippen LogP contribution in [0.2, 0.25) is 0 Å². The van der Waals surface area contributed by atoms with Crippen molar-refractivity contribution < 1.29 is 0 Å². The topological polar surface area (TPSA) is 53.4 Å². The van der Waals surface area contributed by atoms with Gasteiger partial charge in [-0.05, 0) is 62.5 Å². The molecule has 1 aromatic carbocycles. The number of nitrogens with zero attached hydrogens (tertiary/aromatic N) is 4. The molecule has 0 spiro atoms. The van der Waals surface area contributed by atoms with E-state index in [1.807, 2.05) is 0 Å². The lowest BCUT2D eigenvalue weighted by Gasteiger charge is -2.45. The largest absolute Gasteiger partial charge is 0.351 e. The molecule has 1 saturated carbocycles. The molecule has 1 aromatic heterocycles. The molecule has 2 bridgehead atoms. The second-order valence-corrected chi connectivity index (χ2v) is 12.1. The summed E-state index contributed by atoms with van der Waals surface area (Å²) in [5.41, 5.74) is 2.17. The van der Waals surface area contributed by atoms with E-state index in [0.29, 0.717) is 35.8 Å². The molecular formula is C29H41N5O. The molecule has 1 N–H and O–H groups in total. The minimum atomic E-state index is 0.153. The summed E-state index contributed by atoms with van der Waals surface area (Å²) in [5, 5.41) is 3.52. The van der Waals surface area contributed by atoms with Gasteiger partial charge in [0.25, 0.3) is 5.56 Å². The summed E-state index contributed by atoms with van der Waals surface area (Å²) in [7, 11) is 0. The van der Waals surface area contributed by atoms with E-state index < -0.39 is 0 Å². The first-order valence-corrected chi connectivity index (χ1v) is 14.5. The Kier molecular flexibility index (Phi) is 5.85. The molecule has 1 aliphatic carbocycles. The molecule has 4 saturated heterocycles. The standard InChI is InChI=1S/C29H41N5O/c35-29-28(32-18-20-16-30-17-21(20)19-32)31-26-10-6-7-11-27(26)34(29)25-14-23-12-13-24(15-25)33(23)22-8-4-2-1-3-5-9-22/h6-7,10-11,20-25,30H,1-5,8-9,12-19H2/t20?,21?,23-,24?,25+/m0/s1. The minimum Gasteiger partial charge on any atom is -0.351 e. The maximum Gasteiger partial charge on any atom is 0.294 e. The van der Waals surface area contributed by atoms with Gasteiger partial charge in [0.2, 0.25) is 0 Å². The summed E-state index contributed by atoms with van der Waals surface area (Å²) in [6.45, 7) is 4.07. The van der Waals surface area contributed by atoms with Gasteiger partial charge in [-0.1, -0.05) is 44.2 Å². The summed E-state index contributed by atoms with van der Waals surface area (Å²) in [4.78, 5) is 24.3. The van der Waals surface area contributed by atoms with Crippen molar-refractivity contribution in [2.75, 3.05) is 31.1 Å². The number of hydrogen-bond donors (Lipinski definition) is 1. The van der Waals surface area contributed by atoms with Crippen molar-refractivity contribution in [3.8, 4) is 0 Å². The van der Waals surface area contributed by atoms with Crippen LogP contribution >= 0.6 is 0 Å². The first-order chi connectivity index (χ1) is 17.3. The second-order valence-electron chi connectivity index (χ2n) is 12.1. The summed E-state index contributed by atoms with van der Waals surface area (Å²) >= 11 is 0. The number of fused-ring (bicyclic) bond motifs is 4. The number of nitrogens with one attached hydrogen (secondary N) is 1. The number of hydrogen-bond acceptors (Lipinski definition) is 5. The Bertz CT molecular complexity index is 1100. The van der Waals surface area contributed by atoms with Gasteiger partial charge in [0.05, 0.1) is 11.0 Å². The predicted octanol–water partition coefficient (Wildman–Crippen LogP) is 4.33. The van der Waals surface area contributed by atoms with Gasteiger partial charge in [-0.3, -0.25) is 9.69 Å². The van der Waals surface area contributed by atoms with Gasteiger partial charge in [0, 0.05) is 50.3 Å². The average Bonchev–Trinajstić information content (AvgIpc) is 3.51. The van der Waals surface area contributed by atoms with Crippen molar-refractivity contribution in [3.05, 3.63) is 34.6 Å². The van der Waals surface area contributed by atoms with Crippen LogP contribution in [-0.2, 0) is 0 Å². The first-order valence-electron chi connectivity index (χ1n) is 14.5. The Morgan fingerprint density at radius 2 is 1.43 bits per heavy atom. The van der Waals surface area contributed by atoms with Gasteiger partial charge in [0.15, 0.2) is 5.82 Å². The monoisotopic (exact) mass is 475 g/mol. The molecule has 4 aliphatic heterocycles. The van der Waals surface area contributed by atoms with Crippen LogP contribution in [0.5, 0.6) is 0 Å². The third-order valence-electron chi connectivity index (χ3n) is 10.1. The van der Waals surface area contributed by atoms with E-state index >= 15 is 0 Å². The average molecular weight is 476 g/mol. The zero-order valence-corrected chi connectivity index (χ0v) is 21.1. The molecule has 188 valence electrons. The van der Waals surface area contributed by atoms with Crippen molar-refractivity contribution in [2.24, 2.45) is 11.8 Å². The molecule has 0 radical (unpaired) electrons. The van der Waals surface area contributed by atoms with E-state index in [2.05, 4.69) is 43.9 Å². The fraction of sp³-hybridized carbons (Fsp3) is 0.724. The van der Waals surface area contributed by atoms with E-state index in [1.165, 1.54) is 57.8 Å². The van der Waals surface area contributed by atoms with E-state index in [-0.39, 0.29) is 5.56 Å². The van der Waals surface area contributed by atoms with Gasteiger partial charge in [0.1, 0.15) is 0 Å². The summed E-state index contributed by atoms with van der Waals surface area (Å²) in [6.07, 6.45) is 14.7. The lowest BCUT2D eigenvalue weighted by Crippen LogP contribution is -2.50. The highest BCUT2D eigenvalue weighted by Crippen LogP contribution is 2.44. The maximum atomic E-state index is 14.1. The van der Waals surface area contributed by atoms with Crippen molar-refractivity contribution >= 4 is 16.9 Å². The predicted molar refractivity (Wildman–Crippen MR) is 141 cm³/mol. The van der Waals surface area contributed by atoms with Crippen molar-refractivity contribution in [2.45, 2.75) is 94.8 Å². The lowest BCUT2D eigenvalue weighted by molar-refractivity contribution is 0.0498. The van der Waals surface area contributed by atoms with Crippen LogP contribution in [-0.4, -0.2) is 58.8 Å². The molecule has 5 fully saturated rings. The van der Waals surface area contributed by atoms with Crippen LogP contribution in [0, 0.1) is 11.8 Å². The third-order valence-corrected chi connectivity index (χ3v) is 10.1. The Hall–Kier alpha value is -1.92. The Morgan fingerprint density at radius 1 is 0.771 bits per heavy atom. The maximum absolute atomic E-state index is 14.1. The third kappa shape index (κ3) is 3.92. The molecule has 5 heterocycles. The number of piperidine rings is 1. The molecule has 5 aliphatic rings. The number of anilines is 1. The molecule has 7 rings (SSSR count). The summed E-state index contributed by atoms with van der Waals surface area (Å²) in [6, 6.07) is 10.7. The number of para-hydroxylation sites is 2. The smallest absolute Gasteiger partial charge is 0.294 e. The highest BCUT2D eigenvalue weighted by Gasteiger charge is 2.45. The highest BCUT2D eigenvalue weighted by atomic mass is 16.1. The van der Waals surface area contributed by atoms with Crippen LogP contribution in [0.1, 0.15) is 76.7 Å². The summed E-state index contributed by atoms with van der Waals surface area (Å²) in [5.74, 6) is 2.01. The van der Waals surface area contributed by atoms with E-state index in [9.17, 15) is 4.79 Å². The van der Waals surface area contributed by atoms with Crippen LogP contribution in [0.3, 0.4) is 0 Å². The van der Waals surface area contributed by atoms with Crippen LogP contribution in [0.15, 0.2) is 29.1 Å². The van der Waals surface area contributed by atoms with Crippen LogP contribution < -0.4 is 15.8 Å². The molecule has 6 heteroatoms. The second kappa shape index (κ2) is 9.19. The first kappa shape index (κ1) is 22.3. The molecule has 2 aromatic rings. The molecule has 35 heavy (non-hydrogen) atoms. The van der Waals surface area contributed by atoms with E-state index in [1.54, 1.807) is 0 Å². The number of aromatic nitrogens is 2. The van der Waals surface area contributed by atoms with E-state index in [4.69, 9.17) is 4.98 Å².